The van der Waals surface area contributed by atoms with Gasteiger partial charge < -0.3 is 9.73 Å². The Morgan fingerprint density at radius 2 is 1.88 bits per heavy atom. The van der Waals surface area contributed by atoms with Crippen LogP contribution in [0.1, 0.15) is 11.1 Å². The van der Waals surface area contributed by atoms with Gasteiger partial charge in [-0.05, 0) is 35.4 Å². The molecular weight excluding hydrogens is 333 g/mol. The Bertz CT molecular complexity index is 951. The summed E-state index contributed by atoms with van der Waals surface area (Å²) in [4.78, 5) is 23.6. The van der Waals surface area contributed by atoms with E-state index in [1.165, 1.54) is 18.2 Å². The van der Waals surface area contributed by atoms with E-state index in [-0.39, 0.29) is 24.5 Å². The molecule has 0 saturated heterocycles. The van der Waals surface area contributed by atoms with Gasteiger partial charge in [0.1, 0.15) is 11.4 Å². The van der Waals surface area contributed by atoms with Crippen LogP contribution in [0.5, 0.6) is 0 Å². The van der Waals surface area contributed by atoms with Crippen LogP contribution < -0.4 is 10.9 Å². The van der Waals surface area contributed by atoms with Crippen LogP contribution in [0.15, 0.2) is 57.7 Å². The first kappa shape index (κ1) is 16.2. The fourth-order valence-electron chi connectivity index (χ4n) is 2.39. The SMILES string of the molecule is O=C(Cc1ccc(Cl)cc1)NCc1cc(=O)oc2cc(F)ccc12. The van der Waals surface area contributed by atoms with Gasteiger partial charge in [0.05, 0.1) is 6.42 Å². The summed E-state index contributed by atoms with van der Waals surface area (Å²) >= 11 is 5.81. The maximum absolute atomic E-state index is 13.2. The van der Waals surface area contributed by atoms with Crippen LogP contribution in [0, 0.1) is 5.82 Å². The van der Waals surface area contributed by atoms with Crippen molar-refractivity contribution in [2.45, 2.75) is 13.0 Å². The maximum Gasteiger partial charge on any atom is 0.336 e. The zero-order valence-electron chi connectivity index (χ0n) is 12.5. The first-order valence-corrected chi connectivity index (χ1v) is 7.62. The topological polar surface area (TPSA) is 59.3 Å². The predicted octanol–water partition coefficient (Wildman–Crippen LogP) is 3.44. The van der Waals surface area contributed by atoms with Gasteiger partial charge in [0, 0.05) is 29.1 Å². The summed E-state index contributed by atoms with van der Waals surface area (Å²) in [6, 6.07) is 12.2. The minimum absolute atomic E-state index is 0.153. The predicted molar refractivity (Wildman–Crippen MR) is 89.4 cm³/mol. The second-order valence-corrected chi connectivity index (χ2v) is 5.75. The molecule has 1 heterocycles. The number of benzene rings is 2. The van der Waals surface area contributed by atoms with Crippen molar-refractivity contribution in [2.24, 2.45) is 0 Å². The average molecular weight is 346 g/mol. The van der Waals surface area contributed by atoms with Crippen molar-refractivity contribution in [3.8, 4) is 0 Å². The van der Waals surface area contributed by atoms with Crippen LogP contribution in [0.3, 0.4) is 0 Å². The Morgan fingerprint density at radius 1 is 1.12 bits per heavy atom. The molecular formula is C18H13ClFNO3. The number of rotatable bonds is 4. The van der Waals surface area contributed by atoms with Crippen LogP contribution in [0.4, 0.5) is 4.39 Å². The van der Waals surface area contributed by atoms with Gasteiger partial charge in [-0.1, -0.05) is 23.7 Å². The Kier molecular flexibility index (Phi) is 4.62. The summed E-state index contributed by atoms with van der Waals surface area (Å²) in [6.45, 7) is 0.153. The standard InChI is InChI=1S/C18H13ClFNO3/c19-13-3-1-11(2-4-13)7-17(22)21-10-12-8-18(23)24-16-9-14(20)5-6-15(12)16/h1-6,8-9H,7,10H2,(H,21,22). The molecule has 0 spiro atoms. The summed E-state index contributed by atoms with van der Waals surface area (Å²) in [5.74, 6) is -0.685. The van der Waals surface area contributed by atoms with Gasteiger partial charge >= 0.3 is 5.63 Å². The number of fused-ring (bicyclic) bond motifs is 1. The van der Waals surface area contributed by atoms with Crippen LogP contribution in [-0.4, -0.2) is 5.91 Å². The van der Waals surface area contributed by atoms with E-state index in [9.17, 15) is 14.0 Å². The van der Waals surface area contributed by atoms with Crippen molar-refractivity contribution in [1.82, 2.24) is 5.32 Å². The average Bonchev–Trinajstić information content (AvgIpc) is 2.54. The fraction of sp³-hybridized carbons (Fsp3) is 0.111. The zero-order valence-corrected chi connectivity index (χ0v) is 13.3. The van der Waals surface area contributed by atoms with Gasteiger partial charge in [-0.3, -0.25) is 4.79 Å². The minimum atomic E-state index is -0.588. The Hall–Kier alpha value is -2.66. The van der Waals surface area contributed by atoms with Gasteiger partial charge in [0.15, 0.2) is 0 Å². The number of carbonyl (C=O) groups is 1. The second kappa shape index (κ2) is 6.84. The van der Waals surface area contributed by atoms with Crippen LogP contribution in [-0.2, 0) is 17.8 Å². The molecule has 24 heavy (non-hydrogen) atoms. The first-order chi connectivity index (χ1) is 11.5. The first-order valence-electron chi connectivity index (χ1n) is 7.25. The molecule has 1 amide bonds. The highest BCUT2D eigenvalue weighted by Crippen LogP contribution is 2.18. The van der Waals surface area contributed by atoms with Gasteiger partial charge in [0.25, 0.3) is 0 Å². The lowest BCUT2D eigenvalue weighted by molar-refractivity contribution is -0.120. The molecule has 4 nitrogen and oxygen atoms in total. The molecule has 0 atom stereocenters. The molecule has 1 N–H and O–H groups in total. The van der Waals surface area contributed by atoms with Crippen LogP contribution in [0.25, 0.3) is 11.0 Å². The molecule has 0 radical (unpaired) electrons. The van der Waals surface area contributed by atoms with Crippen molar-refractivity contribution in [3.05, 3.63) is 80.9 Å². The molecule has 1 aromatic heterocycles. The molecule has 0 aliphatic carbocycles. The van der Waals surface area contributed by atoms with Crippen molar-refractivity contribution >= 4 is 28.5 Å². The highest BCUT2D eigenvalue weighted by atomic mass is 35.5. The van der Waals surface area contributed by atoms with Gasteiger partial charge in [-0.25, -0.2) is 9.18 Å². The van der Waals surface area contributed by atoms with Crippen LogP contribution >= 0.6 is 11.6 Å². The number of nitrogens with one attached hydrogen (secondary N) is 1. The third-order valence-electron chi connectivity index (χ3n) is 3.55. The second-order valence-electron chi connectivity index (χ2n) is 5.31. The number of amides is 1. The summed E-state index contributed by atoms with van der Waals surface area (Å²) < 4.78 is 18.2. The monoisotopic (exact) mass is 345 g/mol. The number of halogens is 2. The highest BCUT2D eigenvalue weighted by molar-refractivity contribution is 6.30. The summed E-state index contributed by atoms with van der Waals surface area (Å²) in [5, 5.41) is 3.94. The molecule has 122 valence electrons. The lowest BCUT2D eigenvalue weighted by Gasteiger charge is -2.08. The molecule has 2 aromatic carbocycles. The normalized spacial score (nSPS) is 10.8. The molecule has 0 unspecified atom stereocenters. The number of carbonyl (C=O) groups excluding carboxylic acids is 1. The number of hydrogen-bond donors (Lipinski definition) is 1. The summed E-state index contributed by atoms with van der Waals surface area (Å²) in [5.41, 5.74) is 0.974. The lowest BCUT2D eigenvalue weighted by atomic mass is 10.1. The van der Waals surface area contributed by atoms with Gasteiger partial charge in [-0.15, -0.1) is 0 Å². The molecule has 0 bridgehead atoms. The highest BCUT2D eigenvalue weighted by Gasteiger charge is 2.09. The Balaban J connectivity index is 1.74. The van der Waals surface area contributed by atoms with Crippen molar-refractivity contribution in [3.63, 3.8) is 0 Å². The number of hydrogen-bond acceptors (Lipinski definition) is 3. The quantitative estimate of drug-likeness (QED) is 0.737. The molecule has 6 heteroatoms. The molecule has 3 rings (SSSR count). The smallest absolute Gasteiger partial charge is 0.336 e. The van der Waals surface area contributed by atoms with Gasteiger partial charge in [0.2, 0.25) is 5.91 Å². The largest absolute Gasteiger partial charge is 0.423 e. The third-order valence-corrected chi connectivity index (χ3v) is 3.80. The Labute approximate surface area is 141 Å². The van der Waals surface area contributed by atoms with E-state index in [0.29, 0.717) is 16.0 Å². The minimum Gasteiger partial charge on any atom is -0.423 e. The van der Waals surface area contributed by atoms with Crippen molar-refractivity contribution in [2.75, 3.05) is 0 Å². The van der Waals surface area contributed by atoms with Crippen molar-refractivity contribution < 1.29 is 13.6 Å². The molecule has 3 aromatic rings. The van der Waals surface area contributed by atoms with Crippen LogP contribution in [0.2, 0.25) is 5.02 Å². The van der Waals surface area contributed by atoms with E-state index in [1.54, 1.807) is 24.3 Å². The summed E-state index contributed by atoms with van der Waals surface area (Å²) in [7, 11) is 0. The Morgan fingerprint density at radius 3 is 2.62 bits per heavy atom. The maximum atomic E-state index is 13.2. The van der Waals surface area contributed by atoms with E-state index in [1.807, 2.05) is 0 Å². The summed E-state index contributed by atoms with van der Waals surface area (Å²) in [6.07, 6.45) is 0.200. The third kappa shape index (κ3) is 3.81. The zero-order chi connectivity index (χ0) is 17.1. The lowest BCUT2D eigenvalue weighted by Crippen LogP contribution is -2.25. The molecule has 0 aliphatic heterocycles. The van der Waals surface area contributed by atoms with E-state index in [4.69, 9.17) is 16.0 Å². The van der Waals surface area contributed by atoms with Crippen molar-refractivity contribution in [1.29, 1.82) is 0 Å². The fourth-order valence-corrected chi connectivity index (χ4v) is 2.52. The molecule has 0 fully saturated rings. The van der Waals surface area contributed by atoms with E-state index >= 15 is 0 Å². The molecule has 0 aliphatic rings. The van der Waals surface area contributed by atoms with Gasteiger partial charge in [-0.2, -0.15) is 0 Å². The van der Waals surface area contributed by atoms with E-state index in [2.05, 4.69) is 5.32 Å². The van der Waals surface area contributed by atoms with E-state index in [0.717, 1.165) is 11.6 Å². The molecule has 0 saturated carbocycles. The van der Waals surface area contributed by atoms with E-state index < -0.39 is 11.4 Å².